The van der Waals surface area contributed by atoms with E-state index in [-0.39, 0.29) is 0 Å². The van der Waals surface area contributed by atoms with Crippen molar-refractivity contribution in [3.8, 4) is 0 Å². The van der Waals surface area contributed by atoms with Crippen molar-refractivity contribution in [2.24, 2.45) is 7.05 Å². The van der Waals surface area contributed by atoms with Gasteiger partial charge >= 0.3 is 0 Å². The summed E-state index contributed by atoms with van der Waals surface area (Å²) < 4.78 is 1.97. The fourth-order valence-electron chi connectivity index (χ4n) is 4.20. The summed E-state index contributed by atoms with van der Waals surface area (Å²) >= 11 is 0. The summed E-state index contributed by atoms with van der Waals surface area (Å²) in [7, 11) is 2.03. The largest absolute Gasteiger partial charge is 0.357 e. The van der Waals surface area contributed by atoms with E-state index in [1.54, 1.807) is 0 Å². The van der Waals surface area contributed by atoms with Crippen LogP contribution in [0.3, 0.4) is 0 Å². The van der Waals surface area contributed by atoms with Crippen molar-refractivity contribution in [2.45, 2.75) is 44.9 Å². The monoisotopic (exact) mass is 353 g/mol. The Morgan fingerprint density at radius 3 is 2.46 bits per heavy atom. The van der Waals surface area contributed by atoms with E-state index in [2.05, 4.69) is 34.1 Å². The maximum Gasteiger partial charge on any atom is 0.160 e. The van der Waals surface area contributed by atoms with Gasteiger partial charge in [-0.15, -0.1) is 0 Å². The highest BCUT2D eigenvalue weighted by atomic mass is 15.3. The molecule has 140 valence electrons. The molecular weight excluding hydrogens is 322 g/mol. The van der Waals surface area contributed by atoms with Crippen LogP contribution in [-0.2, 0) is 13.5 Å². The molecule has 0 aromatic carbocycles. The SMILES string of the molecule is Cn1nc(CCCN2CC=CC2)c2ccc(N3CCCCCCC3)nc21. The normalized spacial score (nSPS) is 19.2. The highest BCUT2D eigenvalue weighted by Gasteiger charge is 2.15. The summed E-state index contributed by atoms with van der Waals surface area (Å²) in [5, 5.41) is 6.00. The lowest BCUT2D eigenvalue weighted by atomic mass is 10.1. The number of fused-ring (bicyclic) bond motifs is 1. The molecule has 0 radical (unpaired) electrons. The quantitative estimate of drug-likeness (QED) is 0.771. The van der Waals surface area contributed by atoms with E-state index in [4.69, 9.17) is 10.1 Å². The van der Waals surface area contributed by atoms with Crippen LogP contribution in [0.4, 0.5) is 5.82 Å². The molecule has 4 heterocycles. The molecule has 0 N–H and O–H groups in total. The van der Waals surface area contributed by atoms with Gasteiger partial charge in [0.2, 0.25) is 0 Å². The standard InChI is InChI=1S/C21H31N5/c1-24-21-18(19(23-24)10-9-15-25-13-7-8-14-25)11-12-20(22-21)26-16-5-3-2-4-6-17-26/h7-8,11-12H,2-6,9-10,13-17H2,1H3. The number of pyridine rings is 1. The second-order valence-electron chi connectivity index (χ2n) is 7.70. The number of anilines is 1. The van der Waals surface area contributed by atoms with Crippen molar-refractivity contribution in [2.75, 3.05) is 37.6 Å². The van der Waals surface area contributed by atoms with E-state index in [1.165, 1.54) is 43.2 Å². The van der Waals surface area contributed by atoms with Crippen molar-refractivity contribution in [1.82, 2.24) is 19.7 Å². The molecule has 1 fully saturated rings. The van der Waals surface area contributed by atoms with Gasteiger partial charge in [-0.3, -0.25) is 9.58 Å². The van der Waals surface area contributed by atoms with Crippen LogP contribution in [-0.4, -0.2) is 52.4 Å². The fourth-order valence-corrected chi connectivity index (χ4v) is 4.20. The van der Waals surface area contributed by atoms with Crippen LogP contribution >= 0.6 is 0 Å². The van der Waals surface area contributed by atoms with Gasteiger partial charge in [-0.1, -0.05) is 31.4 Å². The minimum absolute atomic E-state index is 1.03. The molecule has 2 aliphatic heterocycles. The van der Waals surface area contributed by atoms with Crippen molar-refractivity contribution < 1.29 is 0 Å². The molecule has 0 bridgehead atoms. The molecule has 26 heavy (non-hydrogen) atoms. The lowest BCUT2D eigenvalue weighted by molar-refractivity contribution is 0.346. The van der Waals surface area contributed by atoms with Gasteiger partial charge in [0.15, 0.2) is 5.65 Å². The van der Waals surface area contributed by atoms with E-state index in [1.807, 2.05) is 11.7 Å². The van der Waals surface area contributed by atoms with E-state index < -0.39 is 0 Å². The number of aromatic nitrogens is 3. The topological polar surface area (TPSA) is 37.2 Å². The minimum atomic E-state index is 1.03. The molecule has 2 aliphatic rings. The first-order valence-electron chi connectivity index (χ1n) is 10.3. The number of rotatable bonds is 5. The molecular formula is C21H31N5. The van der Waals surface area contributed by atoms with Gasteiger partial charge in [-0.05, 0) is 44.4 Å². The Morgan fingerprint density at radius 1 is 0.962 bits per heavy atom. The Bertz CT molecular complexity index is 747. The Hall–Kier alpha value is -1.88. The Balaban J connectivity index is 1.46. The van der Waals surface area contributed by atoms with Gasteiger partial charge in [-0.2, -0.15) is 5.10 Å². The molecule has 5 nitrogen and oxygen atoms in total. The van der Waals surface area contributed by atoms with Crippen LogP contribution in [0.15, 0.2) is 24.3 Å². The van der Waals surface area contributed by atoms with Gasteiger partial charge in [0.05, 0.1) is 5.69 Å². The summed E-state index contributed by atoms with van der Waals surface area (Å²) in [5.41, 5.74) is 2.23. The van der Waals surface area contributed by atoms with Crippen LogP contribution in [0.5, 0.6) is 0 Å². The molecule has 2 aromatic rings. The molecule has 0 saturated carbocycles. The second-order valence-corrected chi connectivity index (χ2v) is 7.70. The number of hydrogen-bond donors (Lipinski definition) is 0. The Labute approximate surface area is 156 Å². The van der Waals surface area contributed by atoms with Gasteiger partial charge in [0.25, 0.3) is 0 Å². The van der Waals surface area contributed by atoms with Gasteiger partial charge in [-0.25, -0.2) is 4.98 Å². The van der Waals surface area contributed by atoms with Crippen LogP contribution in [0.2, 0.25) is 0 Å². The minimum Gasteiger partial charge on any atom is -0.357 e. The van der Waals surface area contributed by atoms with E-state index in [0.29, 0.717) is 0 Å². The van der Waals surface area contributed by atoms with Crippen LogP contribution in [0.1, 0.15) is 44.2 Å². The summed E-state index contributed by atoms with van der Waals surface area (Å²) in [6.45, 7) is 5.61. The van der Waals surface area contributed by atoms with E-state index in [9.17, 15) is 0 Å². The van der Waals surface area contributed by atoms with Crippen LogP contribution in [0.25, 0.3) is 11.0 Å². The van der Waals surface area contributed by atoms with E-state index in [0.717, 1.165) is 57.0 Å². The molecule has 0 amide bonds. The average molecular weight is 354 g/mol. The highest BCUT2D eigenvalue weighted by molar-refractivity contribution is 5.80. The first-order chi connectivity index (χ1) is 12.8. The first kappa shape index (κ1) is 17.5. The predicted molar refractivity (Wildman–Crippen MR) is 108 cm³/mol. The molecule has 4 rings (SSSR count). The van der Waals surface area contributed by atoms with Crippen molar-refractivity contribution >= 4 is 16.9 Å². The average Bonchev–Trinajstić information content (AvgIpc) is 3.23. The first-order valence-corrected chi connectivity index (χ1v) is 10.3. The Morgan fingerprint density at radius 2 is 1.69 bits per heavy atom. The molecule has 0 atom stereocenters. The van der Waals surface area contributed by atoms with Gasteiger partial charge < -0.3 is 4.90 Å². The lowest BCUT2D eigenvalue weighted by Gasteiger charge is -2.25. The van der Waals surface area contributed by atoms with Crippen LogP contribution < -0.4 is 4.90 Å². The maximum atomic E-state index is 4.98. The number of hydrogen-bond acceptors (Lipinski definition) is 4. The molecule has 2 aromatic heterocycles. The molecule has 1 saturated heterocycles. The lowest BCUT2D eigenvalue weighted by Crippen LogP contribution is -2.27. The summed E-state index contributed by atoms with van der Waals surface area (Å²) in [4.78, 5) is 9.92. The predicted octanol–water partition coefficient (Wildman–Crippen LogP) is 3.54. The van der Waals surface area contributed by atoms with E-state index >= 15 is 0 Å². The maximum absolute atomic E-state index is 4.98. The summed E-state index contributed by atoms with van der Waals surface area (Å²) in [5.74, 6) is 1.12. The third kappa shape index (κ3) is 3.93. The van der Waals surface area contributed by atoms with Crippen molar-refractivity contribution in [3.63, 3.8) is 0 Å². The molecule has 5 heteroatoms. The number of nitrogens with zero attached hydrogens (tertiary/aromatic N) is 5. The van der Waals surface area contributed by atoms with Crippen molar-refractivity contribution in [1.29, 1.82) is 0 Å². The summed E-state index contributed by atoms with van der Waals surface area (Å²) in [6, 6.07) is 4.45. The Kier molecular flexibility index (Phi) is 5.54. The summed E-state index contributed by atoms with van der Waals surface area (Å²) in [6.07, 6.45) is 13.3. The smallest absolute Gasteiger partial charge is 0.160 e. The molecule has 0 spiro atoms. The zero-order valence-corrected chi connectivity index (χ0v) is 16.0. The molecule has 0 unspecified atom stereocenters. The third-order valence-electron chi connectivity index (χ3n) is 5.71. The fraction of sp³-hybridized carbons (Fsp3) is 0.619. The third-order valence-corrected chi connectivity index (χ3v) is 5.71. The number of aryl methyl sites for hydroxylation is 2. The van der Waals surface area contributed by atoms with Gasteiger partial charge in [0, 0.05) is 38.6 Å². The second kappa shape index (κ2) is 8.21. The van der Waals surface area contributed by atoms with Crippen LogP contribution in [0, 0.1) is 0 Å². The highest BCUT2D eigenvalue weighted by Crippen LogP contribution is 2.23. The van der Waals surface area contributed by atoms with Gasteiger partial charge in [0.1, 0.15) is 5.82 Å². The van der Waals surface area contributed by atoms with Crippen molar-refractivity contribution in [3.05, 3.63) is 30.0 Å². The zero-order chi connectivity index (χ0) is 17.8. The molecule has 0 aliphatic carbocycles. The zero-order valence-electron chi connectivity index (χ0n) is 16.0.